The van der Waals surface area contributed by atoms with E-state index < -0.39 is 17.2 Å². The van der Waals surface area contributed by atoms with Crippen molar-refractivity contribution < 1.29 is 22.7 Å². The molecule has 0 radical (unpaired) electrons. The Morgan fingerprint density at radius 3 is 2.35 bits per heavy atom. The van der Waals surface area contributed by atoms with Crippen LogP contribution in [0.25, 0.3) is 0 Å². The number of benzene rings is 1. The monoisotopic (exact) mass is 368 g/mol. The van der Waals surface area contributed by atoms with E-state index in [9.17, 15) is 18.0 Å². The molecule has 7 heteroatoms. The third-order valence-electron chi connectivity index (χ3n) is 6.01. The molecule has 1 amide bonds. The number of rotatable bonds is 2. The van der Waals surface area contributed by atoms with Crippen LogP contribution in [-0.4, -0.2) is 38.8 Å². The van der Waals surface area contributed by atoms with E-state index in [1.807, 2.05) is 4.90 Å². The lowest BCUT2D eigenvalue weighted by Crippen LogP contribution is -2.39. The van der Waals surface area contributed by atoms with Crippen molar-refractivity contribution in [3.05, 3.63) is 23.8 Å². The van der Waals surface area contributed by atoms with Crippen molar-refractivity contribution in [3.63, 3.8) is 0 Å². The molecule has 0 saturated carbocycles. The Balaban J connectivity index is 1.68. The first-order valence-electron chi connectivity index (χ1n) is 9.27. The number of halogens is 3. The molecule has 0 bridgehead atoms. The fourth-order valence-corrected chi connectivity index (χ4v) is 4.43. The molecule has 3 aliphatic heterocycles. The zero-order valence-electron chi connectivity index (χ0n) is 14.6. The van der Waals surface area contributed by atoms with Crippen LogP contribution in [-0.2, 0) is 15.7 Å². The van der Waals surface area contributed by atoms with Crippen molar-refractivity contribution in [2.75, 3.05) is 42.6 Å². The number of nitrogens with zero attached hydrogens (tertiary/aromatic N) is 2. The summed E-state index contributed by atoms with van der Waals surface area (Å²) in [5, 5.41) is 0. The zero-order chi connectivity index (χ0) is 18.4. The predicted molar refractivity (Wildman–Crippen MR) is 92.3 cm³/mol. The molecule has 0 aliphatic carbocycles. The summed E-state index contributed by atoms with van der Waals surface area (Å²) >= 11 is 0. The molecule has 3 saturated heterocycles. The van der Waals surface area contributed by atoms with Gasteiger partial charge in [0, 0.05) is 38.5 Å². The molecule has 0 unspecified atom stereocenters. The van der Waals surface area contributed by atoms with Crippen LogP contribution in [0.4, 0.5) is 24.5 Å². The van der Waals surface area contributed by atoms with Crippen LogP contribution in [0.1, 0.15) is 37.7 Å². The summed E-state index contributed by atoms with van der Waals surface area (Å²) in [6, 6.07) is 4.41. The van der Waals surface area contributed by atoms with E-state index in [1.165, 1.54) is 17.0 Å². The number of carbonyl (C=O) groups excluding carboxylic acids is 1. The maximum Gasteiger partial charge on any atom is 0.418 e. The van der Waals surface area contributed by atoms with E-state index in [0.29, 0.717) is 44.7 Å². The van der Waals surface area contributed by atoms with Crippen molar-refractivity contribution in [2.24, 2.45) is 5.41 Å². The highest BCUT2D eigenvalue weighted by molar-refractivity contribution is 6.00. The summed E-state index contributed by atoms with van der Waals surface area (Å²) < 4.78 is 46.6. The van der Waals surface area contributed by atoms with Crippen molar-refractivity contribution >= 4 is 17.3 Å². The average Bonchev–Trinajstić information content (AvgIpc) is 3.25. The van der Waals surface area contributed by atoms with E-state index in [4.69, 9.17) is 4.74 Å². The molecule has 0 atom stereocenters. The van der Waals surface area contributed by atoms with Crippen LogP contribution >= 0.6 is 0 Å². The molecule has 0 aromatic heterocycles. The maximum absolute atomic E-state index is 13.8. The molecule has 4 nitrogen and oxygen atoms in total. The van der Waals surface area contributed by atoms with E-state index in [2.05, 4.69) is 0 Å². The normalized spacial score (nSPS) is 23.3. The van der Waals surface area contributed by atoms with E-state index in [1.54, 1.807) is 6.07 Å². The molecule has 142 valence electrons. The van der Waals surface area contributed by atoms with Crippen LogP contribution in [0, 0.1) is 5.41 Å². The molecular formula is C19H23F3N2O2. The number of ether oxygens (including phenoxy) is 1. The molecule has 26 heavy (non-hydrogen) atoms. The van der Waals surface area contributed by atoms with Gasteiger partial charge in [0.2, 0.25) is 5.91 Å². The van der Waals surface area contributed by atoms with Crippen molar-refractivity contribution in [1.82, 2.24) is 0 Å². The number of hydrogen-bond donors (Lipinski definition) is 0. The summed E-state index contributed by atoms with van der Waals surface area (Å²) in [6.07, 6.45) is -0.709. The van der Waals surface area contributed by atoms with Gasteiger partial charge in [0.25, 0.3) is 0 Å². The minimum absolute atomic E-state index is 0.00573. The minimum Gasteiger partial charge on any atom is -0.381 e. The van der Waals surface area contributed by atoms with Gasteiger partial charge in [-0.1, -0.05) is 0 Å². The highest BCUT2D eigenvalue weighted by atomic mass is 19.4. The molecule has 4 rings (SSSR count). The Morgan fingerprint density at radius 2 is 1.69 bits per heavy atom. The van der Waals surface area contributed by atoms with Crippen LogP contribution in [0.3, 0.4) is 0 Å². The van der Waals surface area contributed by atoms with Crippen LogP contribution < -0.4 is 9.80 Å². The fourth-order valence-electron chi connectivity index (χ4n) is 4.43. The van der Waals surface area contributed by atoms with Crippen LogP contribution in [0.15, 0.2) is 18.2 Å². The second-order valence-electron chi connectivity index (χ2n) is 7.49. The Labute approximate surface area is 150 Å². The second-order valence-corrected chi connectivity index (χ2v) is 7.49. The Bertz CT molecular complexity index is 693. The standard InChI is InChI=1S/C19H23F3N2O2/c20-19(21,22)15-13-14(23-8-1-2-9-23)3-4-16(15)24-10-5-18(17(24)25)6-11-26-12-7-18/h3-4,13H,1-2,5-12H2. The fraction of sp³-hybridized carbons (Fsp3) is 0.632. The van der Waals surface area contributed by atoms with E-state index in [-0.39, 0.29) is 11.6 Å². The third-order valence-corrected chi connectivity index (χ3v) is 6.01. The van der Waals surface area contributed by atoms with Crippen molar-refractivity contribution in [1.29, 1.82) is 0 Å². The van der Waals surface area contributed by atoms with E-state index in [0.717, 1.165) is 25.9 Å². The molecule has 3 heterocycles. The van der Waals surface area contributed by atoms with Gasteiger partial charge in [0.15, 0.2) is 0 Å². The summed E-state index contributed by atoms with van der Waals surface area (Å²) in [7, 11) is 0. The van der Waals surface area contributed by atoms with Crippen LogP contribution in [0.5, 0.6) is 0 Å². The molecular weight excluding hydrogens is 345 g/mol. The van der Waals surface area contributed by atoms with Crippen molar-refractivity contribution in [3.8, 4) is 0 Å². The lowest BCUT2D eigenvalue weighted by Gasteiger charge is -2.32. The molecule has 1 aromatic rings. The Hall–Kier alpha value is -1.76. The van der Waals surface area contributed by atoms with Gasteiger partial charge in [-0.3, -0.25) is 4.79 Å². The van der Waals surface area contributed by atoms with E-state index >= 15 is 0 Å². The molecule has 1 spiro atoms. The average molecular weight is 368 g/mol. The predicted octanol–water partition coefficient (Wildman–Crippen LogP) is 3.84. The Kier molecular flexibility index (Phi) is 4.37. The number of hydrogen-bond acceptors (Lipinski definition) is 3. The summed E-state index contributed by atoms with van der Waals surface area (Å²) in [5.74, 6) is -0.180. The summed E-state index contributed by atoms with van der Waals surface area (Å²) in [6.45, 7) is 2.90. The lowest BCUT2D eigenvalue weighted by molar-refractivity contribution is -0.137. The molecule has 1 aromatic carbocycles. The van der Waals surface area contributed by atoms with Gasteiger partial charge >= 0.3 is 6.18 Å². The largest absolute Gasteiger partial charge is 0.418 e. The lowest BCUT2D eigenvalue weighted by atomic mass is 9.79. The maximum atomic E-state index is 13.8. The van der Waals surface area contributed by atoms with Gasteiger partial charge in [-0.15, -0.1) is 0 Å². The number of carbonyl (C=O) groups is 1. The topological polar surface area (TPSA) is 32.8 Å². The first-order valence-corrected chi connectivity index (χ1v) is 9.27. The summed E-state index contributed by atoms with van der Waals surface area (Å²) in [4.78, 5) is 16.3. The summed E-state index contributed by atoms with van der Waals surface area (Å²) in [5.41, 5.74) is -0.673. The van der Waals surface area contributed by atoms with Crippen molar-refractivity contribution in [2.45, 2.75) is 38.3 Å². The van der Waals surface area contributed by atoms with Gasteiger partial charge in [0.1, 0.15) is 0 Å². The van der Waals surface area contributed by atoms with Gasteiger partial charge in [0.05, 0.1) is 16.7 Å². The Morgan fingerprint density at radius 1 is 1.00 bits per heavy atom. The smallest absolute Gasteiger partial charge is 0.381 e. The second kappa shape index (κ2) is 6.44. The minimum atomic E-state index is -4.49. The van der Waals surface area contributed by atoms with Crippen LogP contribution in [0.2, 0.25) is 0 Å². The molecule has 3 fully saturated rings. The highest BCUT2D eigenvalue weighted by Gasteiger charge is 2.49. The SMILES string of the molecule is O=C1N(c2ccc(N3CCCC3)cc2C(F)(F)F)CCC12CCOCC2. The third kappa shape index (κ3) is 2.96. The van der Waals surface area contributed by atoms with Gasteiger partial charge < -0.3 is 14.5 Å². The highest BCUT2D eigenvalue weighted by Crippen LogP contribution is 2.46. The number of amides is 1. The number of anilines is 2. The molecule has 0 N–H and O–H groups in total. The number of alkyl halides is 3. The quantitative estimate of drug-likeness (QED) is 0.795. The first-order chi connectivity index (χ1) is 12.4. The van der Waals surface area contributed by atoms with Gasteiger partial charge in [-0.05, 0) is 50.3 Å². The zero-order valence-corrected chi connectivity index (χ0v) is 14.6. The first kappa shape index (κ1) is 17.6. The van der Waals surface area contributed by atoms with Gasteiger partial charge in [-0.25, -0.2) is 0 Å². The molecule has 3 aliphatic rings. The van der Waals surface area contributed by atoms with Gasteiger partial charge in [-0.2, -0.15) is 13.2 Å².